The number of rotatable bonds is 6. The van der Waals surface area contributed by atoms with Crippen molar-refractivity contribution in [1.29, 1.82) is 0 Å². The van der Waals surface area contributed by atoms with Crippen LogP contribution >= 0.6 is 0 Å². The summed E-state index contributed by atoms with van der Waals surface area (Å²) in [5, 5.41) is 3.07. The second kappa shape index (κ2) is 5.93. The normalized spacial score (nSPS) is 27.7. The first-order valence-electron chi connectivity index (χ1n) is 6.60. The Morgan fingerprint density at radius 1 is 1.39 bits per heavy atom. The van der Waals surface area contributed by atoms with Crippen LogP contribution in [0.3, 0.4) is 0 Å². The fourth-order valence-electron chi connectivity index (χ4n) is 2.46. The molecule has 0 aromatic rings. The van der Waals surface area contributed by atoms with Gasteiger partial charge in [0.2, 0.25) is 0 Å². The number of carbonyl (C=O) groups excluding carboxylic acids is 1. The monoisotopic (exact) mass is 262 g/mol. The summed E-state index contributed by atoms with van der Waals surface area (Å²) in [5.74, 6) is -4.67. The summed E-state index contributed by atoms with van der Waals surface area (Å²) in [6.45, 7) is 4.49. The van der Waals surface area contributed by atoms with E-state index >= 15 is 0 Å². The number of hydrogen-bond donors (Lipinski definition) is 1. The summed E-state index contributed by atoms with van der Waals surface area (Å²) >= 11 is 0. The van der Waals surface area contributed by atoms with Gasteiger partial charge in [0.15, 0.2) is 0 Å². The lowest BCUT2D eigenvalue weighted by atomic mass is 10.2. The van der Waals surface area contributed by atoms with E-state index in [1.165, 1.54) is 25.9 Å². The molecule has 2 saturated heterocycles. The van der Waals surface area contributed by atoms with Crippen molar-refractivity contribution in [2.24, 2.45) is 0 Å². The van der Waals surface area contributed by atoms with E-state index in [2.05, 4.69) is 15.0 Å². The number of nitrogens with one attached hydrogen (secondary N) is 1. The van der Waals surface area contributed by atoms with Gasteiger partial charge in [-0.25, -0.2) is 4.79 Å². The van der Waals surface area contributed by atoms with Gasteiger partial charge in [0, 0.05) is 6.54 Å². The Hall–Kier alpha value is -0.750. The molecule has 0 radical (unpaired) electrons. The molecular formula is C12H20F2N2O2. The molecule has 1 unspecified atom stereocenters. The first-order chi connectivity index (χ1) is 8.58. The van der Waals surface area contributed by atoms with Gasteiger partial charge in [-0.2, -0.15) is 8.78 Å². The summed E-state index contributed by atoms with van der Waals surface area (Å²) in [6.07, 6.45) is 2.38. The summed E-state index contributed by atoms with van der Waals surface area (Å²) in [7, 11) is 0. The van der Waals surface area contributed by atoms with E-state index < -0.39 is 24.4 Å². The van der Waals surface area contributed by atoms with Crippen LogP contribution in [-0.2, 0) is 9.53 Å². The molecule has 0 saturated carbocycles. The molecule has 18 heavy (non-hydrogen) atoms. The highest BCUT2D eigenvalue weighted by atomic mass is 19.3. The van der Waals surface area contributed by atoms with Crippen LogP contribution in [0.4, 0.5) is 8.78 Å². The van der Waals surface area contributed by atoms with Crippen molar-refractivity contribution in [2.75, 3.05) is 32.7 Å². The van der Waals surface area contributed by atoms with Gasteiger partial charge in [0.05, 0.1) is 6.42 Å². The molecule has 6 heteroatoms. The number of carbonyl (C=O) groups is 1. The Labute approximate surface area is 106 Å². The van der Waals surface area contributed by atoms with Crippen molar-refractivity contribution in [2.45, 2.75) is 37.7 Å². The molecule has 1 N–H and O–H groups in total. The van der Waals surface area contributed by atoms with Gasteiger partial charge in [-0.3, -0.25) is 0 Å². The molecule has 0 aromatic carbocycles. The first-order valence-corrected chi connectivity index (χ1v) is 6.60. The number of cyclic esters (lactones) is 1. The highest BCUT2D eigenvalue weighted by molar-refractivity contribution is 5.79. The number of halogens is 2. The van der Waals surface area contributed by atoms with E-state index in [-0.39, 0.29) is 0 Å². The third-order valence-corrected chi connectivity index (χ3v) is 3.45. The van der Waals surface area contributed by atoms with Crippen molar-refractivity contribution >= 4 is 5.97 Å². The zero-order valence-electron chi connectivity index (χ0n) is 10.5. The van der Waals surface area contributed by atoms with Crippen LogP contribution in [0.15, 0.2) is 0 Å². The number of alkyl halides is 2. The Morgan fingerprint density at radius 3 is 2.72 bits per heavy atom. The Kier molecular flexibility index (Phi) is 4.50. The molecule has 2 aliphatic rings. The Morgan fingerprint density at radius 2 is 2.11 bits per heavy atom. The van der Waals surface area contributed by atoms with Gasteiger partial charge in [-0.1, -0.05) is 0 Å². The molecule has 1 atom stereocenters. The van der Waals surface area contributed by atoms with Gasteiger partial charge in [0.25, 0.3) is 0 Å². The number of likely N-dealkylation sites (tertiary alicyclic amines) is 1. The first kappa shape index (κ1) is 13.7. The van der Waals surface area contributed by atoms with Gasteiger partial charge < -0.3 is 15.0 Å². The van der Waals surface area contributed by atoms with Gasteiger partial charge in [0.1, 0.15) is 6.10 Å². The third-order valence-electron chi connectivity index (χ3n) is 3.45. The molecule has 4 nitrogen and oxygen atoms in total. The van der Waals surface area contributed by atoms with E-state index in [1.807, 2.05) is 0 Å². The van der Waals surface area contributed by atoms with Crippen LogP contribution in [0.2, 0.25) is 0 Å². The van der Waals surface area contributed by atoms with Crippen LogP contribution in [0.5, 0.6) is 0 Å². The zero-order chi connectivity index (χ0) is 13.0. The molecule has 2 rings (SSSR count). The summed E-state index contributed by atoms with van der Waals surface area (Å²) in [5.41, 5.74) is 0. The summed E-state index contributed by atoms with van der Waals surface area (Å²) in [6, 6.07) is 0. The molecule has 0 amide bonds. The molecule has 2 fully saturated rings. The molecule has 2 aliphatic heterocycles. The molecule has 0 bridgehead atoms. The quantitative estimate of drug-likeness (QED) is 0.573. The summed E-state index contributed by atoms with van der Waals surface area (Å²) in [4.78, 5) is 13.2. The number of ether oxygens (including phenoxy) is 1. The number of esters is 1. The van der Waals surface area contributed by atoms with Crippen LogP contribution in [0.1, 0.15) is 25.7 Å². The smallest absolute Gasteiger partial charge is 0.377 e. The molecule has 0 spiro atoms. The van der Waals surface area contributed by atoms with Crippen molar-refractivity contribution in [3.63, 3.8) is 0 Å². The van der Waals surface area contributed by atoms with Gasteiger partial charge >= 0.3 is 11.9 Å². The van der Waals surface area contributed by atoms with Crippen LogP contribution < -0.4 is 5.32 Å². The summed E-state index contributed by atoms with van der Waals surface area (Å²) < 4.78 is 30.3. The van der Waals surface area contributed by atoms with Crippen molar-refractivity contribution in [3.05, 3.63) is 0 Å². The number of hydrogen-bond acceptors (Lipinski definition) is 4. The highest BCUT2D eigenvalue weighted by Gasteiger charge is 2.50. The Bertz CT molecular complexity index is 294. The maximum atomic E-state index is 12.9. The van der Waals surface area contributed by atoms with E-state index in [0.717, 1.165) is 19.5 Å². The predicted molar refractivity (Wildman–Crippen MR) is 62.6 cm³/mol. The second-order valence-corrected chi connectivity index (χ2v) is 5.04. The SMILES string of the molecule is O=C1OC(CNCCCN2CCCC2)CC1(F)F. The topological polar surface area (TPSA) is 41.6 Å². The van der Waals surface area contributed by atoms with Gasteiger partial charge in [-0.15, -0.1) is 0 Å². The minimum absolute atomic E-state index is 0.321. The standard InChI is InChI=1S/C12H20F2N2O2/c13-12(14)8-10(18-11(12)17)9-15-4-3-7-16-5-1-2-6-16/h10,15H,1-9H2. The molecule has 0 aromatic heterocycles. The minimum Gasteiger partial charge on any atom is -0.456 e. The fraction of sp³-hybridized carbons (Fsp3) is 0.917. The fourth-order valence-corrected chi connectivity index (χ4v) is 2.46. The van der Waals surface area contributed by atoms with Crippen LogP contribution in [0, 0.1) is 0 Å². The third kappa shape index (κ3) is 3.62. The zero-order valence-corrected chi connectivity index (χ0v) is 10.5. The lowest BCUT2D eigenvalue weighted by Crippen LogP contribution is -2.30. The van der Waals surface area contributed by atoms with E-state index in [0.29, 0.717) is 6.54 Å². The lowest BCUT2D eigenvalue weighted by Gasteiger charge is -2.15. The maximum absolute atomic E-state index is 12.9. The van der Waals surface area contributed by atoms with Crippen molar-refractivity contribution in [3.8, 4) is 0 Å². The molecule has 2 heterocycles. The number of nitrogens with zero attached hydrogens (tertiary/aromatic N) is 1. The van der Waals surface area contributed by atoms with E-state index in [4.69, 9.17) is 0 Å². The molecular weight excluding hydrogens is 242 g/mol. The van der Waals surface area contributed by atoms with Gasteiger partial charge in [-0.05, 0) is 45.4 Å². The van der Waals surface area contributed by atoms with E-state index in [1.54, 1.807) is 0 Å². The largest absolute Gasteiger partial charge is 0.456 e. The van der Waals surface area contributed by atoms with Crippen LogP contribution in [0.25, 0.3) is 0 Å². The maximum Gasteiger partial charge on any atom is 0.377 e. The van der Waals surface area contributed by atoms with Crippen LogP contribution in [-0.4, -0.2) is 55.6 Å². The molecule has 0 aliphatic carbocycles. The Balaban J connectivity index is 1.52. The van der Waals surface area contributed by atoms with Crippen molar-refractivity contribution in [1.82, 2.24) is 10.2 Å². The second-order valence-electron chi connectivity index (χ2n) is 5.04. The predicted octanol–water partition coefficient (Wildman–Crippen LogP) is 1.01. The average Bonchev–Trinajstić information content (AvgIpc) is 2.88. The molecule has 104 valence electrons. The van der Waals surface area contributed by atoms with E-state index in [9.17, 15) is 13.6 Å². The minimum atomic E-state index is -3.29. The average molecular weight is 262 g/mol. The van der Waals surface area contributed by atoms with Crippen molar-refractivity contribution < 1.29 is 18.3 Å². The highest BCUT2D eigenvalue weighted by Crippen LogP contribution is 2.30. The lowest BCUT2D eigenvalue weighted by molar-refractivity contribution is -0.159.